The lowest BCUT2D eigenvalue weighted by molar-refractivity contribution is -0.126. The van der Waals surface area contributed by atoms with E-state index in [0.29, 0.717) is 10.8 Å². The Balaban J connectivity index is 1.64. The first-order chi connectivity index (χ1) is 17.8. The van der Waals surface area contributed by atoms with E-state index in [-0.39, 0.29) is 41.7 Å². The van der Waals surface area contributed by atoms with E-state index in [4.69, 9.17) is 4.74 Å². The predicted molar refractivity (Wildman–Crippen MR) is 150 cm³/mol. The number of hydrogen-bond donors (Lipinski definition) is 1. The molecule has 4 rings (SSSR count). The number of anilines is 1. The molecule has 1 aromatic rings. The Morgan fingerprint density at radius 3 is 2.32 bits per heavy atom. The van der Waals surface area contributed by atoms with Gasteiger partial charge in [0.2, 0.25) is 11.8 Å². The fourth-order valence-electron chi connectivity index (χ4n) is 6.06. The van der Waals surface area contributed by atoms with Crippen molar-refractivity contribution in [1.29, 1.82) is 0 Å². The summed E-state index contributed by atoms with van der Waals surface area (Å²) in [4.78, 5) is 43.0. The van der Waals surface area contributed by atoms with E-state index in [1.165, 1.54) is 30.4 Å². The van der Waals surface area contributed by atoms with Gasteiger partial charge in [-0.1, -0.05) is 26.8 Å². The van der Waals surface area contributed by atoms with Crippen molar-refractivity contribution in [3.05, 3.63) is 21.9 Å². The third-order valence-corrected chi connectivity index (χ3v) is 9.67. The van der Waals surface area contributed by atoms with Crippen molar-refractivity contribution < 1.29 is 19.1 Å². The Labute approximate surface area is 226 Å². The van der Waals surface area contributed by atoms with Gasteiger partial charge in [0.05, 0.1) is 12.8 Å². The van der Waals surface area contributed by atoms with Crippen LogP contribution >= 0.6 is 11.3 Å². The maximum absolute atomic E-state index is 14.2. The topological polar surface area (TPSA) is 75.7 Å². The van der Waals surface area contributed by atoms with Crippen molar-refractivity contribution in [3.63, 3.8) is 0 Å². The van der Waals surface area contributed by atoms with Crippen LogP contribution in [0.4, 0.5) is 5.69 Å². The number of allylic oxidation sites excluding steroid dienone is 2. The highest BCUT2D eigenvalue weighted by Crippen LogP contribution is 2.42. The van der Waals surface area contributed by atoms with Crippen LogP contribution in [0.1, 0.15) is 112 Å². The van der Waals surface area contributed by atoms with Gasteiger partial charge in [-0.3, -0.25) is 9.59 Å². The number of hydrogen-bond acceptors (Lipinski definition) is 5. The van der Waals surface area contributed by atoms with Gasteiger partial charge in [-0.2, -0.15) is 0 Å². The van der Waals surface area contributed by atoms with Gasteiger partial charge in [-0.15, -0.1) is 11.3 Å². The van der Waals surface area contributed by atoms with Gasteiger partial charge in [0, 0.05) is 28.8 Å². The normalized spacial score (nSPS) is 26.4. The first-order valence-corrected chi connectivity index (χ1v) is 15.1. The lowest BCUT2D eigenvalue weighted by Crippen LogP contribution is -2.49. The molecule has 0 atom stereocenters. The van der Waals surface area contributed by atoms with Crippen molar-refractivity contribution in [2.75, 3.05) is 12.0 Å². The highest BCUT2D eigenvalue weighted by atomic mass is 32.1. The average Bonchev–Trinajstić information content (AvgIpc) is 3.35. The van der Waals surface area contributed by atoms with Gasteiger partial charge >= 0.3 is 5.97 Å². The van der Waals surface area contributed by atoms with E-state index in [1.54, 1.807) is 0 Å². The van der Waals surface area contributed by atoms with Crippen molar-refractivity contribution >= 4 is 40.4 Å². The van der Waals surface area contributed by atoms with Gasteiger partial charge in [0.1, 0.15) is 4.88 Å². The molecule has 6 nitrogen and oxygen atoms in total. The minimum Gasteiger partial charge on any atom is -0.465 e. The van der Waals surface area contributed by atoms with E-state index in [1.807, 2.05) is 18.7 Å². The molecular formula is C30H44N2O4S. The zero-order chi connectivity index (χ0) is 26.5. The number of esters is 1. The second-order valence-electron chi connectivity index (χ2n) is 11.6. The number of nitrogens with one attached hydrogen (secondary N) is 1. The van der Waals surface area contributed by atoms with Crippen molar-refractivity contribution in [1.82, 2.24) is 5.32 Å². The van der Waals surface area contributed by atoms with Gasteiger partial charge in [-0.05, 0) is 94.6 Å². The average molecular weight is 529 g/mol. The summed E-state index contributed by atoms with van der Waals surface area (Å²) in [6, 6.07) is 2.25. The molecule has 2 saturated carbocycles. The Morgan fingerprint density at radius 2 is 1.73 bits per heavy atom. The van der Waals surface area contributed by atoms with Gasteiger partial charge in [0.15, 0.2) is 0 Å². The maximum Gasteiger partial charge on any atom is 0.350 e. The largest absolute Gasteiger partial charge is 0.465 e. The Kier molecular flexibility index (Phi) is 9.49. The van der Waals surface area contributed by atoms with Crippen molar-refractivity contribution in [3.8, 4) is 0 Å². The number of ether oxygens (including phenoxy) is 1. The molecule has 3 aliphatic carbocycles. The summed E-state index contributed by atoms with van der Waals surface area (Å²) in [5.41, 5.74) is 2.02. The summed E-state index contributed by atoms with van der Waals surface area (Å²) in [7, 11) is 1.42. The summed E-state index contributed by atoms with van der Waals surface area (Å²) in [6.07, 6.45) is 14.0. The molecular weight excluding hydrogens is 484 g/mol. The number of carbonyl (C=O) groups is 3. The molecule has 204 valence electrons. The van der Waals surface area contributed by atoms with E-state index >= 15 is 0 Å². The van der Waals surface area contributed by atoms with Crippen LogP contribution in [-0.4, -0.2) is 37.0 Å². The SMILES string of the molecule is COC(=O)c1sc(C2=CCCCC2)cc1N(C(=O)C1CCC(C)CC1)C1CCC(NC(=O)C(C)C)CC1. The van der Waals surface area contributed by atoms with Crippen LogP contribution in [0.2, 0.25) is 0 Å². The number of methoxy groups -OCH3 is 1. The van der Waals surface area contributed by atoms with Crippen LogP contribution in [0.15, 0.2) is 12.1 Å². The Bertz CT molecular complexity index is 997. The number of amides is 2. The zero-order valence-corrected chi connectivity index (χ0v) is 23.8. The smallest absolute Gasteiger partial charge is 0.350 e. The molecule has 0 aromatic carbocycles. The first kappa shape index (κ1) is 27.9. The molecule has 1 heterocycles. The molecule has 1 N–H and O–H groups in total. The quantitative estimate of drug-likeness (QED) is 0.398. The summed E-state index contributed by atoms with van der Waals surface area (Å²) >= 11 is 1.47. The number of nitrogens with zero attached hydrogens (tertiary/aromatic N) is 1. The molecule has 0 radical (unpaired) electrons. The highest BCUT2D eigenvalue weighted by molar-refractivity contribution is 7.15. The molecule has 0 saturated heterocycles. The monoisotopic (exact) mass is 528 g/mol. The molecule has 0 unspecified atom stereocenters. The zero-order valence-electron chi connectivity index (χ0n) is 23.0. The molecule has 2 fully saturated rings. The number of thiophene rings is 1. The van der Waals surface area contributed by atoms with Crippen LogP contribution < -0.4 is 10.2 Å². The minimum atomic E-state index is -0.365. The molecule has 37 heavy (non-hydrogen) atoms. The van der Waals surface area contributed by atoms with Crippen LogP contribution in [0.5, 0.6) is 0 Å². The van der Waals surface area contributed by atoms with E-state index in [0.717, 1.165) is 81.2 Å². The molecule has 3 aliphatic rings. The lowest BCUT2D eigenvalue weighted by atomic mass is 9.81. The lowest BCUT2D eigenvalue weighted by Gasteiger charge is -2.39. The van der Waals surface area contributed by atoms with Crippen molar-refractivity contribution in [2.24, 2.45) is 17.8 Å². The van der Waals surface area contributed by atoms with E-state index in [2.05, 4.69) is 24.4 Å². The van der Waals surface area contributed by atoms with E-state index in [9.17, 15) is 14.4 Å². The van der Waals surface area contributed by atoms with E-state index < -0.39 is 0 Å². The predicted octanol–water partition coefficient (Wildman–Crippen LogP) is 6.73. The molecule has 2 amide bonds. The number of carbonyl (C=O) groups excluding carboxylic acids is 3. The molecule has 1 aromatic heterocycles. The third kappa shape index (κ3) is 6.65. The molecule has 0 spiro atoms. The molecule has 0 aliphatic heterocycles. The van der Waals surface area contributed by atoms with Gasteiger partial charge in [0.25, 0.3) is 0 Å². The first-order valence-electron chi connectivity index (χ1n) is 14.3. The fourth-order valence-corrected chi connectivity index (χ4v) is 7.20. The highest BCUT2D eigenvalue weighted by Gasteiger charge is 2.38. The van der Waals surface area contributed by atoms with Gasteiger partial charge < -0.3 is 15.0 Å². The summed E-state index contributed by atoms with van der Waals surface area (Å²) < 4.78 is 5.20. The maximum atomic E-state index is 14.2. The van der Waals surface area contributed by atoms with Crippen LogP contribution in [0.25, 0.3) is 5.57 Å². The standard InChI is InChI=1S/C30H44N2O4S/c1-19(2)28(33)31-23-14-16-24(17-15-23)32(29(34)22-12-10-20(3)11-13-22)25-18-26(21-8-6-5-7-9-21)37-27(25)30(35)36-4/h8,18-20,22-24H,5-7,9-17H2,1-4H3,(H,31,33). The second-order valence-corrected chi connectivity index (χ2v) is 12.7. The molecule has 7 heteroatoms. The summed E-state index contributed by atoms with van der Waals surface area (Å²) in [5, 5.41) is 3.18. The summed E-state index contributed by atoms with van der Waals surface area (Å²) in [6.45, 7) is 6.09. The second kappa shape index (κ2) is 12.6. The van der Waals surface area contributed by atoms with Crippen LogP contribution in [0.3, 0.4) is 0 Å². The van der Waals surface area contributed by atoms with Crippen LogP contribution in [-0.2, 0) is 14.3 Å². The number of rotatable bonds is 7. The van der Waals surface area contributed by atoms with Gasteiger partial charge in [-0.25, -0.2) is 4.79 Å². The van der Waals surface area contributed by atoms with Crippen molar-refractivity contribution in [2.45, 2.75) is 110 Å². The van der Waals surface area contributed by atoms with Crippen LogP contribution in [0, 0.1) is 17.8 Å². The minimum absolute atomic E-state index is 0.00249. The Morgan fingerprint density at radius 1 is 1.03 bits per heavy atom. The Hall–Kier alpha value is -2.15. The molecule has 0 bridgehead atoms. The summed E-state index contributed by atoms with van der Waals surface area (Å²) in [5.74, 6) is 0.505. The fraction of sp³-hybridized carbons (Fsp3) is 0.700. The third-order valence-electron chi connectivity index (χ3n) is 8.49.